The van der Waals surface area contributed by atoms with Gasteiger partial charge >= 0.3 is 0 Å². The van der Waals surface area contributed by atoms with Crippen molar-refractivity contribution in [3.05, 3.63) is 66.1 Å². The summed E-state index contributed by atoms with van der Waals surface area (Å²) in [6, 6.07) is 15.8. The molecule has 4 heteroatoms. The van der Waals surface area contributed by atoms with Crippen molar-refractivity contribution >= 4 is 17.3 Å². The molecule has 120 valence electrons. The van der Waals surface area contributed by atoms with Crippen LogP contribution in [0.25, 0.3) is 17.3 Å². The topological polar surface area (TPSA) is 50.3 Å². The minimum atomic E-state index is 0.540. The Balaban J connectivity index is 1.81. The number of unbranched alkanes of at least 4 members (excludes halogenated alkanes) is 1. The molecule has 3 rings (SSSR count). The molecule has 0 atom stereocenters. The number of hydrogen-bond donors (Lipinski definition) is 0. The minimum absolute atomic E-state index is 0.540. The molecule has 1 aromatic carbocycles. The van der Waals surface area contributed by atoms with Gasteiger partial charge in [-0.25, -0.2) is 4.98 Å². The van der Waals surface area contributed by atoms with Gasteiger partial charge in [0.1, 0.15) is 17.5 Å². The van der Waals surface area contributed by atoms with E-state index in [1.54, 1.807) is 0 Å². The summed E-state index contributed by atoms with van der Waals surface area (Å²) in [5.74, 6) is 0.854. The van der Waals surface area contributed by atoms with Crippen molar-refractivity contribution in [2.45, 2.75) is 19.8 Å². The van der Waals surface area contributed by atoms with Crippen LogP contribution in [0.2, 0.25) is 0 Å². The summed E-state index contributed by atoms with van der Waals surface area (Å²) in [6.45, 7) is 2.87. The summed E-state index contributed by atoms with van der Waals surface area (Å²) in [5, 5.41) is 9.47. The molecule has 0 saturated heterocycles. The fourth-order valence-electron chi connectivity index (χ4n) is 2.39. The summed E-state index contributed by atoms with van der Waals surface area (Å²) in [4.78, 5) is 4.49. The summed E-state index contributed by atoms with van der Waals surface area (Å²) in [5.41, 5.74) is 2.99. The minimum Gasteiger partial charge on any atom is -0.494 e. The van der Waals surface area contributed by atoms with Crippen LogP contribution in [0.4, 0.5) is 0 Å². The van der Waals surface area contributed by atoms with E-state index in [0.717, 1.165) is 36.4 Å². The summed E-state index contributed by atoms with van der Waals surface area (Å²) < 4.78 is 7.56. The molecule has 2 aromatic heterocycles. The Morgan fingerprint density at radius 1 is 1.25 bits per heavy atom. The summed E-state index contributed by atoms with van der Waals surface area (Å²) in [6.07, 6.45) is 7.80. The first kappa shape index (κ1) is 15.8. The second-order valence-electron chi connectivity index (χ2n) is 5.53. The van der Waals surface area contributed by atoms with Crippen molar-refractivity contribution in [3.63, 3.8) is 0 Å². The molecule has 0 saturated carbocycles. The van der Waals surface area contributed by atoms with Crippen LogP contribution in [0.3, 0.4) is 0 Å². The Kier molecular flexibility index (Phi) is 4.93. The van der Waals surface area contributed by atoms with Crippen LogP contribution in [-0.4, -0.2) is 16.0 Å². The van der Waals surface area contributed by atoms with Gasteiger partial charge in [-0.1, -0.05) is 31.5 Å². The Hall–Kier alpha value is -3.06. The van der Waals surface area contributed by atoms with Crippen LogP contribution in [0.5, 0.6) is 5.75 Å². The Morgan fingerprint density at radius 3 is 2.79 bits per heavy atom. The van der Waals surface area contributed by atoms with Crippen LogP contribution in [0.1, 0.15) is 31.0 Å². The van der Waals surface area contributed by atoms with Crippen molar-refractivity contribution in [2.24, 2.45) is 0 Å². The fraction of sp³-hybridized carbons (Fsp3) is 0.200. The van der Waals surface area contributed by atoms with E-state index < -0.39 is 0 Å². The SMILES string of the molecule is CCCCOc1ccc(/C=C(\C#N)c2cn3ccccc3n2)cc1. The van der Waals surface area contributed by atoms with E-state index in [1.807, 2.05) is 65.3 Å². The number of allylic oxidation sites excluding steroid dienone is 1. The van der Waals surface area contributed by atoms with Gasteiger partial charge in [-0.05, 0) is 42.3 Å². The number of pyridine rings is 1. The third-order valence-electron chi connectivity index (χ3n) is 3.72. The lowest BCUT2D eigenvalue weighted by Crippen LogP contribution is -1.95. The van der Waals surface area contributed by atoms with E-state index in [0.29, 0.717) is 11.3 Å². The molecule has 0 radical (unpaired) electrons. The van der Waals surface area contributed by atoms with Crippen LogP contribution < -0.4 is 4.74 Å². The zero-order valence-corrected chi connectivity index (χ0v) is 13.6. The molecular formula is C20H19N3O. The third-order valence-corrected chi connectivity index (χ3v) is 3.72. The van der Waals surface area contributed by atoms with Gasteiger partial charge in [0.25, 0.3) is 0 Å². The molecular weight excluding hydrogens is 298 g/mol. The van der Waals surface area contributed by atoms with Gasteiger partial charge in [-0.2, -0.15) is 5.26 Å². The Labute approximate surface area is 141 Å². The molecule has 0 aliphatic heterocycles. The second kappa shape index (κ2) is 7.47. The smallest absolute Gasteiger partial charge is 0.137 e. The van der Waals surface area contributed by atoms with Gasteiger partial charge in [0.15, 0.2) is 0 Å². The lowest BCUT2D eigenvalue weighted by Gasteiger charge is -2.05. The highest BCUT2D eigenvalue weighted by molar-refractivity contribution is 5.88. The van der Waals surface area contributed by atoms with Crippen molar-refractivity contribution in [1.29, 1.82) is 5.26 Å². The van der Waals surface area contributed by atoms with Crippen LogP contribution in [0, 0.1) is 11.3 Å². The molecule has 0 aliphatic rings. The molecule has 24 heavy (non-hydrogen) atoms. The van der Waals surface area contributed by atoms with Crippen molar-refractivity contribution < 1.29 is 4.74 Å². The predicted octanol–water partition coefficient (Wildman–Crippen LogP) is 4.58. The van der Waals surface area contributed by atoms with Crippen LogP contribution in [-0.2, 0) is 0 Å². The average molecular weight is 317 g/mol. The molecule has 4 nitrogen and oxygen atoms in total. The fourth-order valence-corrected chi connectivity index (χ4v) is 2.39. The number of benzene rings is 1. The maximum absolute atomic E-state index is 9.47. The van der Waals surface area contributed by atoms with Crippen molar-refractivity contribution in [3.8, 4) is 11.8 Å². The quantitative estimate of drug-likeness (QED) is 0.494. The molecule has 0 amide bonds. The Bertz CT molecular complexity index is 852. The third kappa shape index (κ3) is 3.64. The monoisotopic (exact) mass is 317 g/mol. The van der Waals surface area contributed by atoms with Gasteiger partial charge in [0, 0.05) is 12.4 Å². The highest BCUT2D eigenvalue weighted by Crippen LogP contribution is 2.20. The number of nitriles is 1. The van der Waals surface area contributed by atoms with E-state index in [2.05, 4.69) is 18.0 Å². The summed E-state index contributed by atoms with van der Waals surface area (Å²) in [7, 11) is 0. The number of nitrogens with zero attached hydrogens (tertiary/aromatic N) is 3. The van der Waals surface area contributed by atoms with Crippen LogP contribution >= 0.6 is 0 Å². The van der Waals surface area contributed by atoms with Crippen LogP contribution in [0.15, 0.2) is 54.9 Å². The van der Waals surface area contributed by atoms with Gasteiger partial charge < -0.3 is 9.14 Å². The number of imidazole rings is 1. The average Bonchev–Trinajstić information content (AvgIpc) is 3.05. The van der Waals surface area contributed by atoms with Gasteiger partial charge in [0.05, 0.1) is 17.9 Å². The second-order valence-corrected chi connectivity index (χ2v) is 5.53. The van der Waals surface area contributed by atoms with E-state index in [9.17, 15) is 5.26 Å². The number of fused-ring (bicyclic) bond motifs is 1. The van der Waals surface area contributed by atoms with Gasteiger partial charge in [-0.15, -0.1) is 0 Å². The first-order valence-corrected chi connectivity index (χ1v) is 8.09. The first-order valence-electron chi connectivity index (χ1n) is 8.09. The molecule has 3 aromatic rings. The zero-order valence-electron chi connectivity index (χ0n) is 13.6. The zero-order chi connectivity index (χ0) is 16.8. The lowest BCUT2D eigenvalue weighted by molar-refractivity contribution is 0.309. The molecule has 0 aliphatic carbocycles. The first-order chi connectivity index (χ1) is 11.8. The highest BCUT2D eigenvalue weighted by atomic mass is 16.5. The highest BCUT2D eigenvalue weighted by Gasteiger charge is 2.06. The largest absolute Gasteiger partial charge is 0.494 e. The molecule has 0 spiro atoms. The van der Waals surface area contributed by atoms with Crippen molar-refractivity contribution in [2.75, 3.05) is 6.61 Å². The molecule has 0 N–H and O–H groups in total. The molecule has 0 bridgehead atoms. The van der Waals surface area contributed by atoms with E-state index >= 15 is 0 Å². The number of rotatable bonds is 6. The molecule has 2 heterocycles. The standard InChI is InChI=1S/C20H19N3O/c1-2-3-12-24-18-9-7-16(8-10-18)13-17(14-21)19-15-23-11-5-4-6-20(23)22-19/h4-11,13,15H,2-3,12H2,1H3/b17-13+. The molecule has 0 unspecified atom stereocenters. The van der Waals surface area contributed by atoms with Crippen molar-refractivity contribution in [1.82, 2.24) is 9.38 Å². The lowest BCUT2D eigenvalue weighted by atomic mass is 10.1. The normalized spacial score (nSPS) is 11.4. The maximum Gasteiger partial charge on any atom is 0.137 e. The van der Waals surface area contributed by atoms with E-state index in [4.69, 9.17) is 4.74 Å². The number of aromatic nitrogens is 2. The van der Waals surface area contributed by atoms with Gasteiger partial charge in [0.2, 0.25) is 0 Å². The van der Waals surface area contributed by atoms with Gasteiger partial charge in [-0.3, -0.25) is 0 Å². The molecule has 0 fully saturated rings. The number of hydrogen-bond acceptors (Lipinski definition) is 3. The van der Waals surface area contributed by atoms with E-state index in [1.165, 1.54) is 0 Å². The number of ether oxygens (including phenoxy) is 1. The van der Waals surface area contributed by atoms with E-state index in [-0.39, 0.29) is 0 Å². The Morgan fingerprint density at radius 2 is 2.08 bits per heavy atom. The summed E-state index contributed by atoms with van der Waals surface area (Å²) >= 11 is 0. The predicted molar refractivity (Wildman–Crippen MR) is 95.5 cm³/mol. The maximum atomic E-state index is 9.47.